The predicted octanol–water partition coefficient (Wildman–Crippen LogP) is 2.42. The Morgan fingerprint density at radius 3 is 2.36 bits per heavy atom. The molecule has 1 aromatic rings. The maximum Gasteiger partial charge on any atom is 0.330 e. The lowest BCUT2D eigenvalue weighted by atomic mass is 9.54. The highest BCUT2D eigenvalue weighted by Crippen LogP contribution is 2.51. The number of rotatable bonds is 8. The fourth-order valence-corrected chi connectivity index (χ4v) is 3.33. The summed E-state index contributed by atoms with van der Waals surface area (Å²) in [6.07, 6.45) is 0.000405. The number of amides is 1. The van der Waals surface area contributed by atoms with Gasteiger partial charge in [-0.05, 0) is 6.92 Å². The summed E-state index contributed by atoms with van der Waals surface area (Å²) in [6.45, 7) is 5.90. The maximum absolute atomic E-state index is 12.3. The van der Waals surface area contributed by atoms with Gasteiger partial charge >= 0.3 is 5.97 Å². The molecule has 1 aromatic carbocycles. The summed E-state index contributed by atoms with van der Waals surface area (Å²) in [4.78, 5) is 36.2. The summed E-state index contributed by atoms with van der Waals surface area (Å²) in [5, 5.41) is 12.3. The van der Waals surface area contributed by atoms with Gasteiger partial charge in [0.15, 0.2) is 5.78 Å². The average molecular weight is 347 g/mol. The van der Waals surface area contributed by atoms with Gasteiger partial charge in [-0.25, -0.2) is 4.79 Å². The van der Waals surface area contributed by atoms with E-state index in [4.69, 9.17) is 4.74 Å². The molecule has 1 saturated carbocycles. The summed E-state index contributed by atoms with van der Waals surface area (Å²) in [6, 6.07) is 8.73. The molecule has 2 atom stereocenters. The Morgan fingerprint density at radius 2 is 1.84 bits per heavy atom. The molecule has 2 N–H and O–H groups in total. The molecule has 1 aliphatic rings. The summed E-state index contributed by atoms with van der Waals surface area (Å²) in [5.74, 6) is -1.65. The highest BCUT2D eigenvalue weighted by Gasteiger charge is 2.66. The molecule has 6 heteroatoms. The number of carboxylic acid groups (broad SMARTS) is 1. The topological polar surface area (TPSA) is 92.7 Å². The van der Waals surface area contributed by atoms with Crippen LogP contribution in [0.15, 0.2) is 30.3 Å². The van der Waals surface area contributed by atoms with Crippen LogP contribution in [0.3, 0.4) is 0 Å². The first-order chi connectivity index (χ1) is 11.7. The second kappa shape index (κ2) is 7.35. The molecule has 0 saturated heterocycles. The Morgan fingerprint density at radius 1 is 1.20 bits per heavy atom. The van der Waals surface area contributed by atoms with Crippen molar-refractivity contribution in [1.29, 1.82) is 0 Å². The zero-order chi connectivity index (χ0) is 18.7. The number of ether oxygens (including phenoxy) is 1. The van der Waals surface area contributed by atoms with E-state index < -0.39 is 22.8 Å². The van der Waals surface area contributed by atoms with Gasteiger partial charge in [0.1, 0.15) is 5.54 Å². The number of carbonyl (C=O) groups excluding carboxylic acids is 2. The van der Waals surface area contributed by atoms with Crippen LogP contribution in [-0.2, 0) is 14.3 Å². The van der Waals surface area contributed by atoms with Crippen LogP contribution in [0.2, 0.25) is 0 Å². The van der Waals surface area contributed by atoms with E-state index in [1.807, 2.05) is 13.0 Å². The van der Waals surface area contributed by atoms with Crippen molar-refractivity contribution in [2.24, 2.45) is 5.41 Å². The lowest BCUT2D eigenvalue weighted by molar-refractivity contribution is -0.194. The molecule has 136 valence electrons. The Kier molecular flexibility index (Phi) is 5.62. The van der Waals surface area contributed by atoms with Gasteiger partial charge in [0.25, 0.3) is 0 Å². The third kappa shape index (κ3) is 3.58. The van der Waals surface area contributed by atoms with Crippen molar-refractivity contribution >= 4 is 17.7 Å². The number of ketones is 1. The first-order valence-electron chi connectivity index (χ1n) is 8.49. The van der Waals surface area contributed by atoms with Crippen LogP contribution in [0.4, 0.5) is 0 Å². The van der Waals surface area contributed by atoms with E-state index in [2.05, 4.69) is 5.32 Å². The van der Waals surface area contributed by atoms with Crippen LogP contribution in [0.25, 0.3) is 0 Å². The molecular weight excluding hydrogens is 322 g/mol. The Hall–Kier alpha value is -2.21. The van der Waals surface area contributed by atoms with Crippen molar-refractivity contribution in [3.05, 3.63) is 35.9 Å². The van der Waals surface area contributed by atoms with Crippen LogP contribution in [0, 0.1) is 5.41 Å². The maximum atomic E-state index is 12.3. The molecule has 2 unspecified atom stereocenters. The van der Waals surface area contributed by atoms with Crippen LogP contribution in [0.5, 0.6) is 0 Å². The summed E-state index contributed by atoms with van der Waals surface area (Å²) in [7, 11) is 0. The smallest absolute Gasteiger partial charge is 0.330 e. The van der Waals surface area contributed by atoms with Crippen LogP contribution < -0.4 is 5.32 Å². The minimum Gasteiger partial charge on any atom is -0.479 e. The monoisotopic (exact) mass is 347 g/mol. The molecule has 0 bridgehead atoms. The number of Topliss-reactive ketones (excluding diaryl/α,β-unsaturated/α-hetero) is 1. The molecule has 2 rings (SSSR count). The van der Waals surface area contributed by atoms with Gasteiger partial charge in [-0.2, -0.15) is 0 Å². The number of carbonyl (C=O) groups is 3. The summed E-state index contributed by atoms with van der Waals surface area (Å²) in [5.41, 5.74) is -1.54. The number of aliphatic carboxylic acids is 1. The molecular formula is C19H25NO5. The number of hydrogen-bond donors (Lipinski definition) is 2. The van der Waals surface area contributed by atoms with Crippen LogP contribution >= 0.6 is 0 Å². The minimum absolute atomic E-state index is 0.0425. The van der Waals surface area contributed by atoms with Crippen molar-refractivity contribution in [2.75, 3.05) is 6.61 Å². The van der Waals surface area contributed by atoms with Gasteiger partial charge in [-0.1, -0.05) is 44.2 Å². The Balaban J connectivity index is 1.98. The summed E-state index contributed by atoms with van der Waals surface area (Å²) < 4.78 is 5.57. The van der Waals surface area contributed by atoms with E-state index in [9.17, 15) is 19.5 Å². The van der Waals surface area contributed by atoms with Gasteiger partial charge in [0.2, 0.25) is 5.91 Å². The molecule has 6 nitrogen and oxygen atoms in total. The van der Waals surface area contributed by atoms with E-state index in [-0.39, 0.29) is 31.1 Å². The largest absolute Gasteiger partial charge is 0.479 e. The first kappa shape index (κ1) is 19.1. The van der Waals surface area contributed by atoms with Crippen LogP contribution in [-0.4, -0.2) is 41.0 Å². The molecule has 1 fully saturated rings. The molecule has 0 spiro atoms. The van der Waals surface area contributed by atoms with E-state index in [1.54, 1.807) is 38.1 Å². The second-order valence-electron chi connectivity index (χ2n) is 6.92. The quantitative estimate of drug-likeness (QED) is 0.705. The average Bonchev–Trinajstić information content (AvgIpc) is 2.59. The fourth-order valence-electron chi connectivity index (χ4n) is 3.33. The molecule has 25 heavy (non-hydrogen) atoms. The molecule has 1 aliphatic carbocycles. The normalized spacial score (nSPS) is 24.2. The van der Waals surface area contributed by atoms with Gasteiger partial charge in [-0.15, -0.1) is 0 Å². The molecule has 0 aromatic heterocycles. The molecule has 0 aliphatic heterocycles. The van der Waals surface area contributed by atoms with Gasteiger partial charge in [0.05, 0.1) is 6.10 Å². The van der Waals surface area contributed by atoms with Crippen LogP contribution in [0.1, 0.15) is 50.4 Å². The lowest BCUT2D eigenvalue weighted by Crippen LogP contribution is -2.76. The van der Waals surface area contributed by atoms with E-state index >= 15 is 0 Å². The van der Waals surface area contributed by atoms with E-state index in [1.165, 1.54) is 0 Å². The van der Waals surface area contributed by atoms with Gasteiger partial charge in [0, 0.05) is 36.8 Å². The van der Waals surface area contributed by atoms with E-state index in [0.29, 0.717) is 12.2 Å². The third-order valence-electron chi connectivity index (χ3n) is 5.16. The second-order valence-corrected chi connectivity index (χ2v) is 6.92. The van der Waals surface area contributed by atoms with Crippen molar-refractivity contribution in [1.82, 2.24) is 5.32 Å². The minimum atomic E-state index is -1.36. The highest BCUT2D eigenvalue weighted by atomic mass is 16.5. The number of carboxylic acids is 1. The predicted molar refractivity (Wildman–Crippen MR) is 92.3 cm³/mol. The van der Waals surface area contributed by atoms with Gasteiger partial charge < -0.3 is 15.2 Å². The van der Waals surface area contributed by atoms with Gasteiger partial charge in [-0.3, -0.25) is 9.59 Å². The first-order valence-corrected chi connectivity index (χ1v) is 8.49. The third-order valence-corrected chi connectivity index (χ3v) is 5.16. The summed E-state index contributed by atoms with van der Waals surface area (Å²) >= 11 is 0. The number of hydrogen-bond acceptors (Lipinski definition) is 4. The van der Waals surface area contributed by atoms with Crippen molar-refractivity contribution in [2.45, 2.75) is 51.7 Å². The van der Waals surface area contributed by atoms with Crippen molar-refractivity contribution in [3.63, 3.8) is 0 Å². The Labute approximate surface area is 147 Å². The zero-order valence-electron chi connectivity index (χ0n) is 14.9. The van der Waals surface area contributed by atoms with Crippen molar-refractivity contribution in [3.8, 4) is 0 Å². The molecule has 0 radical (unpaired) electrons. The van der Waals surface area contributed by atoms with E-state index in [0.717, 1.165) is 0 Å². The fraction of sp³-hybridized carbons (Fsp3) is 0.526. The standard InChI is InChI=1S/C19H25NO5/c1-4-25-15-12-19(17(23)24,18(15,2)3)20-16(22)11-10-14(21)13-8-6-5-7-9-13/h5-9,15H,4,10-12H2,1-3H3,(H,20,22)(H,23,24). The zero-order valence-corrected chi connectivity index (χ0v) is 14.9. The Bertz CT molecular complexity index is 655. The SMILES string of the molecule is CCOC1CC(NC(=O)CCC(=O)c2ccccc2)(C(=O)O)C1(C)C. The lowest BCUT2D eigenvalue weighted by Gasteiger charge is -2.58. The molecule has 1 amide bonds. The van der Waals surface area contributed by atoms with Crippen molar-refractivity contribution < 1.29 is 24.2 Å². The number of nitrogens with one attached hydrogen (secondary N) is 1. The highest BCUT2D eigenvalue weighted by molar-refractivity contribution is 5.98. The molecule has 0 heterocycles. The number of benzene rings is 1.